The molecule has 0 N–H and O–H groups in total. The van der Waals surface area contributed by atoms with E-state index in [9.17, 15) is 9.59 Å². The first-order valence-electron chi connectivity index (χ1n) is 14.9. The fraction of sp³-hybridized carbons (Fsp3) is 0.382. The van der Waals surface area contributed by atoms with Crippen molar-refractivity contribution in [3.8, 4) is 11.5 Å². The van der Waals surface area contributed by atoms with Crippen molar-refractivity contribution < 1.29 is 19.1 Å². The molecule has 5 rings (SSSR count). The molecule has 44 heavy (non-hydrogen) atoms. The number of amidine groups is 1. The Hall–Kier alpha value is -3.59. The fourth-order valence-corrected chi connectivity index (χ4v) is 6.00. The van der Waals surface area contributed by atoms with Crippen molar-refractivity contribution in [2.45, 2.75) is 39.0 Å². The normalized spacial score (nSPS) is 19.6. The average Bonchev–Trinajstić information content (AvgIpc) is 3.41. The summed E-state index contributed by atoms with van der Waals surface area (Å²) in [6, 6.07) is 19.7. The lowest BCUT2D eigenvalue weighted by atomic mass is 9.93. The van der Waals surface area contributed by atoms with Crippen LogP contribution in [-0.4, -0.2) is 78.8 Å². The quantitative estimate of drug-likeness (QED) is 0.239. The van der Waals surface area contributed by atoms with Gasteiger partial charge in [0.2, 0.25) is 0 Å². The summed E-state index contributed by atoms with van der Waals surface area (Å²) in [5.74, 6) is 1.68. The molecule has 2 amide bonds. The van der Waals surface area contributed by atoms with Crippen molar-refractivity contribution in [3.05, 3.63) is 93.5 Å². The average molecular weight is 638 g/mol. The molecule has 3 atom stereocenters. The Bertz CT molecular complexity index is 1490. The maximum Gasteiger partial charge on any atom is 0.326 e. The first-order chi connectivity index (χ1) is 21.2. The van der Waals surface area contributed by atoms with Gasteiger partial charge in [-0.2, -0.15) is 0 Å². The number of aliphatic imine (C=N–C) groups is 1. The number of amides is 2. The van der Waals surface area contributed by atoms with Gasteiger partial charge in [-0.15, -0.1) is 0 Å². The highest BCUT2D eigenvalue weighted by Gasteiger charge is 2.45. The SMILES string of the molecule is COc1ccc(C2=NC(c3ccc(Cl)cc3)C(c3ccc(Cl)cc3)N2C(=O)N2CCN(CC(C)C=O)CC2)c(OC(C)C)c1. The van der Waals surface area contributed by atoms with Gasteiger partial charge in [-0.3, -0.25) is 14.8 Å². The molecule has 10 heteroatoms. The van der Waals surface area contributed by atoms with E-state index in [0.29, 0.717) is 65.7 Å². The number of urea groups is 1. The predicted octanol–water partition coefficient (Wildman–Crippen LogP) is 6.91. The lowest BCUT2D eigenvalue weighted by Crippen LogP contribution is -2.54. The van der Waals surface area contributed by atoms with Gasteiger partial charge in [0.25, 0.3) is 0 Å². The number of carbonyl (C=O) groups is 2. The first kappa shape index (κ1) is 31.8. The molecule has 3 aromatic carbocycles. The minimum atomic E-state index is -0.460. The fourth-order valence-electron chi connectivity index (χ4n) is 5.74. The summed E-state index contributed by atoms with van der Waals surface area (Å²) >= 11 is 12.6. The Labute approximate surface area is 269 Å². The van der Waals surface area contributed by atoms with E-state index in [4.69, 9.17) is 37.7 Å². The minimum Gasteiger partial charge on any atom is -0.497 e. The van der Waals surface area contributed by atoms with E-state index in [1.807, 2.05) is 92.4 Å². The van der Waals surface area contributed by atoms with Crippen LogP contribution in [0.4, 0.5) is 4.79 Å². The Morgan fingerprint density at radius 1 is 0.932 bits per heavy atom. The van der Waals surface area contributed by atoms with Gasteiger partial charge < -0.3 is 19.2 Å². The number of methoxy groups -OCH3 is 1. The topological polar surface area (TPSA) is 74.7 Å². The van der Waals surface area contributed by atoms with Crippen LogP contribution in [0.3, 0.4) is 0 Å². The van der Waals surface area contributed by atoms with Crippen LogP contribution in [0.15, 0.2) is 71.7 Å². The highest BCUT2D eigenvalue weighted by atomic mass is 35.5. The van der Waals surface area contributed by atoms with E-state index in [1.54, 1.807) is 12.0 Å². The second-order valence-electron chi connectivity index (χ2n) is 11.5. The van der Waals surface area contributed by atoms with Crippen molar-refractivity contribution in [1.29, 1.82) is 0 Å². The number of rotatable bonds is 9. The Morgan fingerprint density at radius 2 is 1.55 bits per heavy atom. The van der Waals surface area contributed by atoms with E-state index >= 15 is 0 Å². The number of nitrogens with zero attached hydrogens (tertiary/aromatic N) is 4. The maximum absolute atomic E-state index is 14.7. The number of hydrogen-bond donors (Lipinski definition) is 0. The van der Waals surface area contributed by atoms with Gasteiger partial charge in [0, 0.05) is 54.8 Å². The highest BCUT2D eigenvalue weighted by Crippen LogP contribution is 2.46. The number of halogens is 2. The minimum absolute atomic E-state index is 0.0570. The van der Waals surface area contributed by atoms with Crippen LogP contribution >= 0.6 is 23.2 Å². The molecule has 2 aliphatic rings. The third-order valence-electron chi connectivity index (χ3n) is 7.91. The van der Waals surface area contributed by atoms with Crippen molar-refractivity contribution in [3.63, 3.8) is 0 Å². The number of piperazine rings is 1. The van der Waals surface area contributed by atoms with Crippen LogP contribution in [0.1, 0.15) is 49.5 Å². The zero-order chi connectivity index (χ0) is 31.4. The van der Waals surface area contributed by atoms with E-state index in [-0.39, 0.29) is 18.1 Å². The van der Waals surface area contributed by atoms with Crippen molar-refractivity contribution in [2.24, 2.45) is 10.9 Å². The molecule has 1 fully saturated rings. The molecule has 1 saturated heterocycles. The zero-order valence-corrected chi connectivity index (χ0v) is 27.0. The van der Waals surface area contributed by atoms with Crippen molar-refractivity contribution >= 4 is 41.4 Å². The van der Waals surface area contributed by atoms with Crippen molar-refractivity contribution in [1.82, 2.24) is 14.7 Å². The molecule has 3 aromatic rings. The number of benzene rings is 3. The summed E-state index contributed by atoms with van der Waals surface area (Å²) in [5, 5.41) is 1.23. The zero-order valence-electron chi connectivity index (χ0n) is 25.5. The van der Waals surface area contributed by atoms with Crippen LogP contribution in [-0.2, 0) is 4.79 Å². The first-order valence-corrected chi connectivity index (χ1v) is 15.6. The van der Waals surface area contributed by atoms with Crippen LogP contribution in [0, 0.1) is 5.92 Å². The molecule has 2 aliphatic heterocycles. The van der Waals surface area contributed by atoms with Crippen molar-refractivity contribution in [2.75, 3.05) is 39.8 Å². The lowest BCUT2D eigenvalue weighted by Gasteiger charge is -2.39. The van der Waals surface area contributed by atoms with E-state index in [1.165, 1.54) is 0 Å². The standard InChI is InChI=1S/C34H38Cl2N4O4/c1-22(2)44-30-19-28(43-4)13-14-29(30)33-37-31(24-5-9-26(35)10-6-24)32(25-7-11-27(36)12-8-25)40(33)34(42)39-17-15-38(16-18-39)20-23(3)21-41/h5-14,19,21-23,31-32H,15-18,20H2,1-4H3. The molecular weight excluding hydrogens is 599 g/mol. The van der Waals surface area contributed by atoms with Gasteiger partial charge in [-0.25, -0.2) is 4.79 Å². The molecule has 0 aromatic heterocycles. The third kappa shape index (κ3) is 7.04. The van der Waals surface area contributed by atoms with Gasteiger partial charge >= 0.3 is 6.03 Å². The number of hydrogen-bond acceptors (Lipinski definition) is 6. The van der Waals surface area contributed by atoms with Gasteiger partial charge in [0.1, 0.15) is 29.7 Å². The molecule has 0 aliphatic carbocycles. The van der Waals surface area contributed by atoms with Gasteiger partial charge in [-0.05, 0) is 61.4 Å². The molecule has 0 radical (unpaired) electrons. The van der Waals surface area contributed by atoms with E-state index in [0.717, 1.165) is 17.4 Å². The maximum atomic E-state index is 14.7. The smallest absolute Gasteiger partial charge is 0.326 e. The number of ether oxygens (including phenoxy) is 2. The van der Waals surface area contributed by atoms with Gasteiger partial charge in [0.05, 0.1) is 24.8 Å². The molecule has 8 nitrogen and oxygen atoms in total. The largest absolute Gasteiger partial charge is 0.497 e. The predicted molar refractivity (Wildman–Crippen MR) is 174 cm³/mol. The van der Waals surface area contributed by atoms with Crippen LogP contribution < -0.4 is 9.47 Å². The van der Waals surface area contributed by atoms with Gasteiger partial charge in [0.15, 0.2) is 0 Å². The summed E-state index contributed by atoms with van der Waals surface area (Å²) in [4.78, 5) is 37.1. The molecular formula is C34H38Cl2N4O4. The Morgan fingerprint density at radius 3 is 2.11 bits per heavy atom. The Kier molecular flexibility index (Phi) is 10.1. The second-order valence-corrected chi connectivity index (χ2v) is 12.4. The summed E-state index contributed by atoms with van der Waals surface area (Å²) in [6.45, 7) is 8.94. The van der Waals surface area contributed by atoms with Crippen LogP contribution in [0.5, 0.6) is 11.5 Å². The van der Waals surface area contributed by atoms with E-state index < -0.39 is 12.1 Å². The molecule has 2 heterocycles. The van der Waals surface area contributed by atoms with Crippen LogP contribution in [0.2, 0.25) is 10.0 Å². The van der Waals surface area contributed by atoms with E-state index in [2.05, 4.69) is 4.90 Å². The summed E-state index contributed by atoms with van der Waals surface area (Å²) in [5.41, 5.74) is 2.52. The molecule has 3 unspecified atom stereocenters. The second kappa shape index (κ2) is 14.0. The summed E-state index contributed by atoms with van der Waals surface area (Å²) in [6.07, 6.45) is 0.858. The molecule has 0 bridgehead atoms. The van der Waals surface area contributed by atoms with Gasteiger partial charge in [-0.1, -0.05) is 54.4 Å². The monoisotopic (exact) mass is 636 g/mol. The summed E-state index contributed by atoms with van der Waals surface area (Å²) in [7, 11) is 1.61. The number of aldehydes is 1. The third-order valence-corrected chi connectivity index (χ3v) is 8.41. The summed E-state index contributed by atoms with van der Waals surface area (Å²) < 4.78 is 11.8. The highest BCUT2D eigenvalue weighted by molar-refractivity contribution is 6.30. The molecule has 232 valence electrons. The molecule has 0 saturated carbocycles. The number of carbonyl (C=O) groups excluding carboxylic acids is 2. The van der Waals surface area contributed by atoms with Crippen LogP contribution in [0.25, 0.3) is 0 Å². The molecule has 0 spiro atoms. The lowest BCUT2D eigenvalue weighted by molar-refractivity contribution is -0.111. The Balaban J connectivity index is 1.61.